The van der Waals surface area contributed by atoms with E-state index < -0.39 is 5.97 Å². The van der Waals surface area contributed by atoms with Crippen LogP contribution in [0.2, 0.25) is 0 Å². The molecule has 5 nitrogen and oxygen atoms in total. The summed E-state index contributed by atoms with van der Waals surface area (Å²) in [6, 6.07) is 15.2. The Morgan fingerprint density at radius 3 is 2.19 bits per heavy atom. The third kappa shape index (κ3) is 2.81. The molecule has 0 spiro atoms. The molecule has 0 aromatic heterocycles. The molecule has 2 aromatic carbocycles. The number of hydrogen-bond acceptors (Lipinski definition) is 4. The van der Waals surface area contributed by atoms with E-state index >= 15 is 0 Å². The molecule has 1 saturated heterocycles. The van der Waals surface area contributed by atoms with E-state index in [1.807, 2.05) is 18.2 Å². The highest BCUT2D eigenvalue weighted by atomic mass is 16.5. The normalized spacial score (nSPS) is 21.6. The molecule has 1 fully saturated rings. The third-order valence-electron chi connectivity index (χ3n) is 4.80. The van der Waals surface area contributed by atoms with Crippen LogP contribution in [0.1, 0.15) is 23.2 Å². The minimum atomic E-state index is -0.486. The fourth-order valence-corrected chi connectivity index (χ4v) is 3.48. The maximum Gasteiger partial charge on any atom is 0.343 e. The number of fused-ring (bicyclic) bond motifs is 1. The van der Waals surface area contributed by atoms with Gasteiger partial charge >= 0.3 is 5.97 Å². The first-order valence-electron chi connectivity index (χ1n) is 8.55. The van der Waals surface area contributed by atoms with Crippen molar-refractivity contribution >= 4 is 23.5 Å². The Labute approximate surface area is 150 Å². The number of ether oxygens (including phenoxy) is 1. The van der Waals surface area contributed by atoms with Gasteiger partial charge in [0.05, 0.1) is 23.1 Å². The molecule has 2 aliphatic rings. The molecule has 1 aliphatic heterocycles. The molecule has 0 bridgehead atoms. The monoisotopic (exact) mass is 347 g/mol. The molecule has 130 valence electrons. The number of carbonyl (C=O) groups is 3. The molecule has 4 rings (SSSR count). The number of hydrogen-bond donors (Lipinski definition) is 0. The van der Waals surface area contributed by atoms with Gasteiger partial charge in [0.25, 0.3) is 0 Å². The van der Waals surface area contributed by atoms with Gasteiger partial charge in [-0.3, -0.25) is 9.59 Å². The number of amides is 2. The Bertz CT molecular complexity index is 877. The predicted molar refractivity (Wildman–Crippen MR) is 95.7 cm³/mol. The van der Waals surface area contributed by atoms with Crippen LogP contribution in [0.4, 0.5) is 5.69 Å². The number of rotatable bonds is 3. The summed E-state index contributed by atoms with van der Waals surface area (Å²) in [5, 5.41) is 0. The second-order valence-corrected chi connectivity index (χ2v) is 6.42. The van der Waals surface area contributed by atoms with E-state index in [1.165, 1.54) is 4.90 Å². The van der Waals surface area contributed by atoms with Gasteiger partial charge in [-0.2, -0.15) is 0 Å². The van der Waals surface area contributed by atoms with Crippen molar-refractivity contribution in [1.29, 1.82) is 0 Å². The first kappa shape index (κ1) is 16.3. The lowest BCUT2D eigenvalue weighted by molar-refractivity contribution is -0.122. The summed E-state index contributed by atoms with van der Waals surface area (Å²) in [6.45, 7) is 0. The minimum Gasteiger partial charge on any atom is -0.423 e. The van der Waals surface area contributed by atoms with Crippen molar-refractivity contribution in [2.75, 3.05) is 4.90 Å². The van der Waals surface area contributed by atoms with Crippen molar-refractivity contribution in [3.8, 4) is 5.75 Å². The Kier molecular flexibility index (Phi) is 4.13. The largest absolute Gasteiger partial charge is 0.423 e. The van der Waals surface area contributed by atoms with Gasteiger partial charge in [0.1, 0.15) is 5.75 Å². The van der Waals surface area contributed by atoms with Crippen molar-refractivity contribution in [1.82, 2.24) is 0 Å². The van der Waals surface area contributed by atoms with Crippen LogP contribution < -0.4 is 9.64 Å². The fourth-order valence-electron chi connectivity index (χ4n) is 3.48. The predicted octanol–water partition coefficient (Wildman–Crippen LogP) is 3.36. The second-order valence-electron chi connectivity index (χ2n) is 6.42. The molecule has 0 unspecified atom stereocenters. The van der Waals surface area contributed by atoms with E-state index in [0.717, 1.165) is 0 Å². The highest BCUT2D eigenvalue weighted by molar-refractivity contribution is 6.22. The Morgan fingerprint density at radius 2 is 1.54 bits per heavy atom. The van der Waals surface area contributed by atoms with Gasteiger partial charge in [-0.25, -0.2) is 9.69 Å². The van der Waals surface area contributed by atoms with Crippen molar-refractivity contribution in [2.45, 2.75) is 12.8 Å². The summed E-state index contributed by atoms with van der Waals surface area (Å²) in [5.41, 5.74) is 0.871. The highest BCUT2D eigenvalue weighted by Gasteiger charge is 2.47. The number of allylic oxidation sites excluding steroid dienone is 2. The average molecular weight is 347 g/mol. The zero-order valence-electron chi connectivity index (χ0n) is 14.0. The van der Waals surface area contributed by atoms with E-state index in [1.54, 1.807) is 48.5 Å². The van der Waals surface area contributed by atoms with Crippen LogP contribution in [0.3, 0.4) is 0 Å². The molecule has 2 amide bonds. The Morgan fingerprint density at radius 1 is 0.885 bits per heavy atom. The van der Waals surface area contributed by atoms with Crippen LogP contribution in [0.5, 0.6) is 5.75 Å². The minimum absolute atomic E-state index is 0.184. The summed E-state index contributed by atoms with van der Waals surface area (Å²) in [4.78, 5) is 38.8. The van der Waals surface area contributed by atoms with Crippen molar-refractivity contribution in [3.05, 3.63) is 72.3 Å². The van der Waals surface area contributed by atoms with E-state index in [9.17, 15) is 14.4 Å². The van der Waals surface area contributed by atoms with E-state index in [4.69, 9.17) is 4.74 Å². The van der Waals surface area contributed by atoms with Crippen molar-refractivity contribution in [2.24, 2.45) is 11.8 Å². The van der Waals surface area contributed by atoms with E-state index in [-0.39, 0.29) is 23.7 Å². The lowest BCUT2D eigenvalue weighted by Crippen LogP contribution is -2.30. The lowest BCUT2D eigenvalue weighted by atomic mass is 9.85. The Hall–Kier alpha value is -3.21. The van der Waals surface area contributed by atoms with Gasteiger partial charge in [-0.15, -0.1) is 0 Å². The standard InChI is InChI=1S/C21H17NO4/c23-19-17-11-4-5-12-18(17)20(24)22(19)15-9-6-10-16(13-15)26-21(25)14-7-2-1-3-8-14/h1-10,13,17-18H,11-12H2/t17-,18+. The number of nitrogens with zero attached hydrogens (tertiary/aromatic N) is 1. The zero-order chi connectivity index (χ0) is 18.1. The summed E-state index contributed by atoms with van der Waals surface area (Å²) in [7, 11) is 0. The number of benzene rings is 2. The number of carbonyl (C=O) groups excluding carboxylic acids is 3. The first-order valence-corrected chi connectivity index (χ1v) is 8.55. The third-order valence-corrected chi connectivity index (χ3v) is 4.80. The molecule has 0 N–H and O–H groups in total. The number of imide groups is 1. The van der Waals surface area contributed by atoms with Crippen LogP contribution in [-0.4, -0.2) is 17.8 Å². The second kappa shape index (κ2) is 6.59. The maximum absolute atomic E-state index is 12.7. The quantitative estimate of drug-likeness (QED) is 0.370. The molecule has 2 atom stereocenters. The van der Waals surface area contributed by atoms with Crippen LogP contribution in [0.25, 0.3) is 0 Å². The van der Waals surface area contributed by atoms with E-state index in [0.29, 0.717) is 29.8 Å². The molecule has 5 heteroatoms. The maximum atomic E-state index is 12.7. The molecule has 2 aromatic rings. The zero-order valence-corrected chi connectivity index (χ0v) is 14.0. The SMILES string of the molecule is O=C(Oc1cccc(N2C(=O)[C@H]3CC=CC[C@H]3C2=O)c1)c1ccccc1. The first-order chi connectivity index (χ1) is 12.6. The molecule has 0 radical (unpaired) electrons. The lowest BCUT2D eigenvalue weighted by Gasteiger charge is -2.15. The molecule has 26 heavy (non-hydrogen) atoms. The summed E-state index contributed by atoms with van der Waals surface area (Å²) < 4.78 is 5.39. The van der Waals surface area contributed by atoms with Gasteiger partial charge in [0.15, 0.2) is 0 Å². The number of anilines is 1. The fraction of sp³-hybridized carbons (Fsp3) is 0.190. The summed E-state index contributed by atoms with van der Waals surface area (Å²) >= 11 is 0. The Balaban J connectivity index is 1.57. The van der Waals surface area contributed by atoms with Crippen LogP contribution >= 0.6 is 0 Å². The molecular formula is C21H17NO4. The average Bonchev–Trinajstić information content (AvgIpc) is 2.94. The van der Waals surface area contributed by atoms with E-state index in [2.05, 4.69) is 0 Å². The van der Waals surface area contributed by atoms with Crippen LogP contribution in [0, 0.1) is 11.8 Å². The van der Waals surface area contributed by atoms with Gasteiger partial charge in [-0.05, 0) is 37.1 Å². The van der Waals surface area contributed by atoms with Crippen molar-refractivity contribution < 1.29 is 19.1 Å². The molecule has 1 heterocycles. The summed E-state index contributed by atoms with van der Waals surface area (Å²) in [5.74, 6) is -1.14. The molecule has 1 aliphatic carbocycles. The summed E-state index contributed by atoms with van der Waals surface area (Å²) in [6.07, 6.45) is 5.09. The topological polar surface area (TPSA) is 63.7 Å². The smallest absolute Gasteiger partial charge is 0.343 e. The molecular weight excluding hydrogens is 330 g/mol. The van der Waals surface area contributed by atoms with Gasteiger partial charge in [-0.1, -0.05) is 36.4 Å². The van der Waals surface area contributed by atoms with Crippen LogP contribution in [0.15, 0.2) is 66.7 Å². The van der Waals surface area contributed by atoms with Crippen molar-refractivity contribution in [3.63, 3.8) is 0 Å². The van der Waals surface area contributed by atoms with Crippen LogP contribution in [-0.2, 0) is 9.59 Å². The highest BCUT2D eigenvalue weighted by Crippen LogP contribution is 2.38. The molecule has 0 saturated carbocycles. The van der Waals surface area contributed by atoms with Gasteiger partial charge in [0.2, 0.25) is 11.8 Å². The van der Waals surface area contributed by atoms with Gasteiger partial charge in [0, 0.05) is 6.07 Å². The number of esters is 1. The van der Waals surface area contributed by atoms with Gasteiger partial charge < -0.3 is 4.74 Å².